The maximum atomic E-state index is 6.54. The molecule has 0 amide bonds. The molecule has 0 saturated carbocycles. The van der Waals surface area contributed by atoms with Gasteiger partial charge in [0.1, 0.15) is 33.1 Å². The van der Waals surface area contributed by atoms with Gasteiger partial charge in [-0.15, -0.1) is 10.2 Å². The highest BCUT2D eigenvalue weighted by molar-refractivity contribution is 7.14. The van der Waals surface area contributed by atoms with Gasteiger partial charge in [-0.25, -0.2) is 4.98 Å². The summed E-state index contributed by atoms with van der Waals surface area (Å²) in [6.07, 6.45) is 2.80. The van der Waals surface area contributed by atoms with Crippen LogP contribution in [-0.4, -0.2) is 53.5 Å². The number of nitrogens with zero attached hydrogens (tertiary/aromatic N) is 5. The molecule has 0 aliphatic carbocycles. The Morgan fingerprint density at radius 3 is 2.71 bits per heavy atom. The van der Waals surface area contributed by atoms with Crippen LogP contribution in [0.25, 0.3) is 21.3 Å². The number of benzene rings is 1. The van der Waals surface area contributed by atoms with Crippen LogP contribution in [0.4, 0.5) is 11.6 Å². The number of likely N-dealkylation sites (N-methyl/N-ethyl adjacent to an activating group) is 1. The third-order valence-corrected chi connectivity index (χ3v) is 7.37. The number of nitrogen functional groups attached to an aromatic ring is 1. The second-order valence-corrected chi connectivity index (χ2v) is 9.93. The summed E-state index contributed by atoms with van der Waals surface area (Å²) in [4.78, 5) is 11.7. The standard InChI is InChI=1S/C25H29N7O2S/c1-13-6-7-19(33-5)14(2)22(13)34-24-21-17(10-20(29-24)32-9-8-16(12-32)27-4)18(11-28-23(21)26)25-31-30-15(3)35-25/h6-7,10-11,16,27H,8-9,12H2,1-5H3,(H2,26,28)/t16-/m1/s1. The van der Waals surface area contributed by atoms with E-state index in [-0.39, 0.29) is 0 Å². The molecular formula is C25H29N7O2S. The lowest BCUT2D eigenvalue weighted by Crippen LogP contribution is -2.29. The van der Waals surface area contributed by atoms with Gasteiger partial charge in [0.15, 0.2) is 0 Å². The van der Waals surface area contributed by atoms with Crippen molar-refractivity contribution in [1.29, 1.82) is 0 Å². The van der Waals surface area contributed by atoms with E-state index in [1.54, 1.807) is 13.3 Å². The van der Waals surface area contributed by atoms with Gasteiger partial charge in [-0.3, -0.25) is 0 Å². The summed E-state index contributed by atoms with van der Waals surface area (Å²) in [5, 5.41) is 15.2. The van der Waals surface area contributed by atoms with Crippen molar-refractivity contribution in [2.75, 3.05) is 37.9 Å². The first-order valence-corrected chi connectivity index (χ1v) is 12.3. The molecule has 9 nitrogen and oxygen atoms in total. The van der Waals surface area contributed by atoms with Crippen molar-refractivity contribution in [3.8, 4) is 28.0 Å². The summed E-state index contributed by atoms with van der Waals surface area (Å²) in [6, 6.07) is 6.39. The molecule has 4 heterocycles. The molecular weight excluding hydrogens is 462 g/mol. The van der Waals surface area contributed by atoms with Crippen molar-refractivity contribution in [2.24, 2.45) is 0 Å². The number of methoxy groups -OCH3 is 1. The van der Waals surface area contributed by atoms with E-state index in [9.17, 15) is 0 Å². The predicted octanol–water partition coefficient (Wildman–Crippen LogP) is 4.25. The summed E-state index contributed by atoms with van der Waals surface area (Å²) in [5.74, 6) is 3.04. The van der Waals surface area contributed by atoms with Gasteiger partial charge in [-0.1, -0.05) is 17.4 Å². The highest BCUT2D eigenvalue weighted by Crippen LogP contribution is 2.42. The molecule has 0 radical (unpaired) electrons. The van der Waals surface area contributed by atoms with Crippen LogP contribution in [0.3, 0.4) is 0 Å². The second kappa shape index (κ2) is 9.27. The fourth-order valence-corrected chi connectivity index (χ4v) is 5.25. The Bertz CT molecular complexity index is 1400. The topological polar surface area (TPSA) is 111 Å². The van der Waals surface area contributed by atoms with E-state index >= 15 is 0 Å². The molecule has 35 heavy (non-hydrogen) atoms. The number of aryl methyl sites for hydroxylation is 2. The van der Waals surface area contributed by atoms with E-state index in [1.807, 2.05) is 40.0 Å². The Hall–Kier alpha value is -3.50. The van der Waals surface area contributed by atoms with Crippen molar-refractivity contribution < 1.29 is 9.47 Å². The Morgan fingerprint density at radius 1 is 1.20 bits per heavy atom. The van der Waals surface area contributed by atoms with Crippen LogP contribution in [0.5, 0.6) is 17.4 Å². The van der Waals surface area contributed by atoms with Crippen LogP contribution >= 0.6 is 11.3 Å². The molecule has 10 heteroatoms. The average Bonchev–Trinajstić information content (AvgIpc) is 3.51. The van der Waals surface area contributed by atoms with E-state index < -0.39 is 0 Å². The number of hydrogen-bond acceptors (Lipinski definition) is 10. The highest BCUT2D eigenvalue weighted by atomic mass is 32.1. The minimum absolute atomic E-state index is 0.353. The number of nitrogens with one attached hydrogen (secondary N) is 1. The Kier molecular flexibility index (Phi) is 6.16. The fourth-order valence-electron chi connectivity index (χ4n) is 4.54. The summed E-state index contributed by atoms with van der Waals surface area (Å²) in [7, 11) is 3.65. The number of rotatable bonds is 6. The molecule has 0 spiro atoms. The lowest BCUT2D eigenvalue weighted by atomic mass is 10.1. The van der Waals surface area contributed by atoms with Crippen molar-refractivity contribution in [3.63, 3.8) is 0 Å². The Morgan fingerprint density at radius 2 is 2.03 bits per heavy atom. The summed E-state index contributed by atoms with van der Waals surface area (Å²) in [5.41, 5.74) is 9.16. The maximum absolute atomic E-state index is 6.54. The molecule has 1 aromatic carbocycles. The second-order valence-electron chi connectivity index (χ2n) is 8.75. The third-order valence-electron chi connectivity index (χ3n) is 6.50. The summed E-state index contributed by atoms with van der Waals surface area (Å²) < 4.78 is 12.1. The summed E-state index contributed by atoms with van der Waals surface area (Å²) in [6.45, 7) is 7.67. The molecule has 0 bridgehead atoms. The molecule has 3 aromatic heterocycles. The quantitative estimate of drug-likeness (QED) is 0.409. The molecule has 1 fully saturated rings. The van der Waals surface area contributed by atoms with E-state index in [1.165, 1.54) is 11.3 Å². The first kappa shape index (κ1) is 23.3. The smallest absolute Gasteiger partial charge is 0.232 e. The minimum Gasteiger partial charge on any atom is -0.496 e. The molecule has 1 saturated heterocycles. The number of pyridine rings is 2. The van der Waals surface area contributed by atoms with Crippen LogP contribution in [0.2, 0.25) is 0 Å². The largest absolute Gasteiger partial charge is 0.496 e. The zero-order chi connectivity index (χ0) is 24.7. The molecule has 1 atom stereocenters. The van der Waals surface area contributed by atoms with E-state index in [2.05, 4.69) is 31.5 Å². The van der Waals surface area contributed by atoms with E-state index in [0.717, 1.165) is 63.2 Å². The zero-order valence-corrected chi connectivity index (χ0v) is 21.4. The molecule has 0 unspecified atom stereocenters. The van der Waals surface area contributed by atoms with Crippen LogP contribution in [0.15, 0.2) is 24.4 Å². The highest BCUT2D eigenvalue weighted by Gasteiger charge is 2.26. The van der Waals surface area contributed by atoms with Gasteiger partial charge in [-0.05, 0) is 51.9 Å². The number of fused-ring (bicyclic) bond motifs is 1. The third kappa shape index (κ3) is 4.23. The minimum atomic E-state index is 0.353. The molecule has 5 rings (SSSR count). The van der Waals surface area contributed by atoms with Gasteiger partial charge < -0.3 is 25.4 Å². The van der Waals surface area contributed by atoms with Gasteiger partial charge >= 0.3 is 0 Å². The first-order chi connectivity index (χ1) is 16.9. The fraction of sp³-hybridized carbons (Fsp3) is 0.360. The molecule has 1 aliphatic rings. The SMILES string of the molecule is CN[C@@H]1CCN(c2cc3c(-c4nnc(C)s4)cnc(N)c3c(Oc3c(C)ccc(OC)c3C)n2)C1. The monoisotopic (exact) mass is 491 g/mol. The zero-order valence-electron chi connectivity index (χ0n) is 20.5. The van der Waals surface area contributed by atoms with Crippen molar-refractivity contribution in [2.45, 2.75) is 33.2 Å². The van der Waals surface area contributed by atoms with Crippen molar-refractivity contribution in [3.05, 3.63) is 40.5 Å². The lowest BCUT2D eigenvalue weighted by Gasteiger charge is -2.21. The normalized spacial score (nSPS) is 15.7. The Balaban J connectivity index is 1.73. The summed E-state index contributed by atoms with van der Waals surface area (Å²) >= 11 is 1.52. The predicted molar refractivity (Wildman–Crippen MR) is 140 cm³/mol. The van der Waals surface area contributed by atoms with Gasteiger partial charge in [0.25, 0.3) is 0 Å². The Labute approximate surface area is 208 Å². The van der Waals surface area contributed by atoms with Gasteiger partial charge in [0.05, 0.1) is 12.5 Å². The van der Waals surface area contributed by atoms with Gasteiger partial charge in [0.2, 0.25) is 5.88 Å². The molecule has 1 aliphatic heterocycles. The number of anilines is 2. The number of aromatic nitrogens is 4. The van der Waals surface area contributed by atoms with Crippen LogP contribution in [-0.2, 0) is 0 Å². The lowest BCUT2D eigenvalue weighted by molar-refractivity contribution is 0.402. The van der Waals surface area contributed by atoms with Gasteiger partial charge in [-0.2, -0.15) is 4.98 Å². The van der Waals surface area contributed by atoms with E-state index in [0.29, 0.717) is 28.9 Å². The molecule has 3 N–H and O–H groups in total. The van der Waals surface area contributed by atoms with Crippen LogP contribution < -0.4 is 25.4 Å². The number of hydrogen-bond donors (Lipinski definition) is 2. The average molecular weight is 492 g/mol. The first-order valence-electron chi connectivity index (χ1n) is 11.5. The molecule has 4 aromatic rings. The molecule has 182 valence electrons. The van der Waals surface area contributed by atoms with Crippen molar-refractivity contribution >= 4 is 33.7 Å². The van der Waals surface area contributed by atoms with E-state index in [4.69, 9.17) is 20.2 Å². The van der Waals surface area contributed by atoms with Crippen LogP contribution in [0.1, 0.15) is 22.6 Å². The number of nitrogens with two attached hydrogens (primary N) is 1. The van der Waals surface area contributed by atoms with Gasteiger partial charge in [0, 0.05) is 41.8 Å². The maximum Gasteiger partial charge on any atom is 0.232 e. The van der Waals surface area contributed by atoms with Crippen molar-refractivity contribution in [1.82, 2.24) is 25.5 Å². The van der Waals surface area contributed by atoms with Crippen LogP contribution in [0, 0.1) is 20.8 Å². The number of ether oxygens (including phenoxy) is 2.